The number of rotatable bonds is 7. The van der Waals surface area contributed by atoms with Crippen molar-refractivity contribution in [1.29, 1.82) is 0 Å². The highest BCUT2D eigenvalue weighted by Crippen LogP contribution is 2.29. The lowest BCUT2D eigenvalue weighted by molar-refractivity contribution is -0.150. The summed E-state index contributed by atoms with van der Waals surface area (Å²) >= 11 is 0. The molecule has 0 aromatic rings. The number of hydrogen-bond acceptors (Lipinski definition) is 6. The van der Waals surface area contributed by atoms with E-state index < -0.39 is 29.4 Å². The highest BCUT2D eigenvalue weighted by molar-refractivity contribution is 6.05. The van der Waals surface area contributed by atoms with Gasteiger partial charge >= 0.3 is 0 Å². The maximum atomic E-state index is 13.0. The second kappa shape index (κ2) is 9.34. The topological polar surface area (TPSA) is 134 Å². The minimum absolute atomic E-state index is 0.105. The van der Waals surface area contributed by atoms with E-state index in [4.69, 9.17) is 4.74 Å². The third-order valence-electron chi connectivity index (χ3n) is 4.94. The highest BCUT2D eigenvalue weighted by atomic mass is 16.5. The normalized spacial score (nSPS) is 23.1. The van der Waals surface area contributed by atoms with Crippen LogP contribution in [-0.2, 0) is 28.7 Å². The Balaban J connectivity index is 2.02. The second-order valence-electron chi connectivity index (χ2n) is 8.38. The van der Waals surface area contributed by atoms with Gasteiger partial charge in [0.05, 0.1) is 31.8 Å². The van der Waals surface area contributed by atoms with E-state index in [-0.39, 0.29) is 62.6 Å². The lowest BCUT2D eigenvalue weighted by atomic mass is 9.84. The average Bonchev–Trinajstić information content (AvgIpc) is 3.19. The first-order valence-corrected chi connectivity index (χ1v) is 9.83. The van der Waals surface area contributed by atoms with Gasteiger partial charge in [0.15, 0.2) is 0 Å². The van der Waals surface area contributed by atoms with Gasteiger partial charge in [-0.3, -0.25) is 28.9 Å². The molecular weight excluding hydrogens is 380 g/mol. The molecule has 0 aliphatic carbocycles. The number of hydrogen-bond donors (Lipinski definition) is 3. The van der Waals surface area contributed by atoms with Crippen LogP contribution >= 0.6 is 0 Å². The predicted octanol–water partition coefficient (Wildman–Crippen LogP) is -0.924. The van der Waals surface area contributed by atoms with Crippen molar-refractivity contribution in [2.75, 3.05) is 19.8 Å². The summed E-state index contributed by atoms with van der Waals surface area (Å²) in [6.45, 7) is 7.29. The molecule has 0 aromatic carbocycles. The third kappa shape index (κ3) is 5.75. The summed E-state index contributed by atoms with van der Waals surface area (Å²) in [7, 11) is 0. The summed E-state index contributed by atoms with van der Waals surface area (Å²) < 4.78 is 5.39. The fourth-order valence-corrected chi connectivity index (χ4v) is 3.44. The minimum atomic E-state index is -0.953. The van der Waals surface area contributed by atoms with Crippen molar-refractivity contribution in [3.8, 4) is 0 Å². The number of ether oxygens (including phenoxy) is 1. The first kappa shape index (κ1) is 22.8. The van der Waals surface area contributed by atoms with E-state index >= 15 is 0 Å². The number of likely N-dealkylation sites (tertiary alicyclic amines) is 1. The lowest BCUT2D eigenvalue weighted by Gasteiger charge is -2.36. The molecule has 2 heterocycles. The Morgan fingerprint density at radius 1 is 1.03 bits per heavy atom. The zero-order valence-electron chi connectivity index (χ0n) is 17.4. The van der Waals surface area contributed by atoms with Gasteiger partial charge in [-0.2, -0.15) is 0 Å². The van der Waals surface area contributed by atoms with Crippen LogP contribution in [0.4, 0.5) is 0 Å². The molecule has 2 rings (SSSR count). The van der Waals surface area contributed by atoms with E-state index in [2.05, 4.69) is 16.0 Å². The summed E-state index contributed by atoms with van der Waals surface area (Å²) in [5.41, 5.74) is -0.664. The van der Waals surface area contributed by atoms with E-state index in [0.717, 1.165) is 4.90 Å². The molecule has 29 heavy (non-hydrogen) atoms. The number of carbonyl (C=O) groups is 5. The largest absolute Gasteiger partial charge is 0.377 e. The van der Waals surface area contributed by atoms with Gasteiger partial charge in [-0.05, 0) is 5.41 Å². The summed E-state index contributed by atoms with van der Waals surface area (Å²) in [5.74, 6) is -1.80. The Bertz CT molecular complexity index is 671. The van der Waals surface area contributed by atoms with Crippen molar-refractivity contribution in [1.82, 2.24) is 20.9 Å². The van der Waals surface area contributed by atoms with Crippen LogP contribution in [0.15, 0.2) is 0 Å². The minimum Gasteiger partial charge on any atom is -0.377 e. The van der Waals surface area contributed by atoms with Gasteiger partial charge in [-0.15, -0.1) is 0 Å². The molecule has 162 valence electrons. The van der Waals surface area contributed by atoms with Gasteiger partial charge in [-0.1, -0.05) is 27.7 Å². The van der Waals surface area contributed by atoms with Crippen LogP contribution in [-0.4, -0.2) is 72.3 Å². The molecular formula is C19H30N4O6. The molecule has 10 heteroatoms. The molecule has 2 aliphatic rings. The van der Waals surface area contributed by atoms with Gasteiger partial charge in [0.2, 0.25) is 29.5 Å². The van der Waals surface area contributed by atoms with Gasteiger partial charge in [0, 0.05) is 19.3 Å². The van der Waals surface area contributed by atoms with Crippen molar-refractivity contribution in [2.45, 2.75) is 65.1 Å². The molecule has 2 saturated heterocycles. The van der Waals surface area contributed by atoms with Gasteiger partial charge in [0.1, 0.15) is 6.04 Å². The molecule has 3 N–H and O–H groups in total. The zero-order chi connectivity index (χ0) is 21.8. The molecule has 0 saturated carbocycles. The van der Waals surface area contributed by atoms with E-state index in [1.54, 1.807) is 27.7 Å². The summed E-state index contributed by atoms with van der Waals surface area (Å²) in [6, 6.07) is -1.94. The molecule has 0 radical (unpaired) electrons. The van der Waals surface area contributed by atoms with Crippen LogP contribution in [0.25, 0.3) is 0 Å². The van der Waals surface area contributed by atoms with Crippen LogP contribution in [0.2, 0.25) is 0 Å². The van der Waals surface area contributed by atoms with Crippen LogP contribution in [0.5, 0.6) is 0 Å². The zero-order valence-corrected chi connectivity index (χ0v) is 17.4. The van der Waals surface area contributed by atoms with Gasteiger partial charge < -0.3 is 20.7 Å². The Morgan fingerprint density at radius 3 is 2.10 bits per heavy atom. The SMILES string of the molecule is CCC(=O)NCC(=O)N[C@@H]1COC[C@@H]1NC(=O)C(N1C(=O)CCC1=O)C(C)(C)C. The number of imide groups is 1. The van der Waals surface area contributed by atoms with Crippen molar-refractivity contribution < 1.29 is 28.7 Å². The Morgan fingerprint density at radius 2 is 1.59 bits per heavy atom. The van der Waals surface area contributed by atoms with Crippen LogP contribution < -0.4 is 16.0 Å². The van der Waals surface area contributed by atoms with E-state index in [0.29, 0.717) is 0 Å². The van der Waals surface area contributed by atoms with Crippen molar-refractivity contribution >= 4 is 29.5 Å². The number of carbonyl (C=O) groups excluding carboxylic acids is 5. The standard InChI is InChI=1S/C19H30N4O6/c1-5-13(24)20-8-14(25)21-11-9-29-10-12(11)22-18(28)17(19(2,3)4)23-15(26)6-7-16(23)27/h11-12,17H,5-10H2,1-4H3,(H,20,24)(H,21,25)(H,22,28)/t11-,12+,17?/m1/s1. The highest BCUT2D eigenvalue weighted by Gasteiger charge is 2.46. The lowest BCUT2D eigenvalue weighted by Crippen LogP contribution is -2.60. The van der Waals surface area contributed by atoms with E-state index in [1.165, 1.54) is 0 Å². The molecule has 0 aromatic heterocycles. The first-order valence-electron chi connectivity index (χ1n) is 9.83. The molecule has 2 aliphatic heterocycles. The third-order valence-corrected chi connectivity index (χ3v) is 4.94. The quantitative estimate of drug-likeness (QED) is 0.465. The van der Waals surface area contributed by atoms with Crippen molar-refractivity contribution in [3.63, 3.8) is 0 Å². The maximum Gasteiger partial charge on any atom is 0.244 e. The van der Waals surface area contributed by atoms with Crippen LogP contribution in [0, 0.1) is 5.41 Å². The fraction of sp³-hybridized carbons (Fsp3) is 0.737. The van der Waals surface area contributed by atoms with E-state index in [1.807, 2.05) is 0 Å². The maximum absolute atomic E-state index is 13.0. The fourth-order valence-electron chi connectivity index (χ4n) is 3.44. The smallest absolute Gasteiger partial charge is 0.244 e. The second-order valence-corrected chi connectivity index (χ2v) is 8.38. The molecule has 1 unspecified atom stereocenters. The van der Waals surface area contributed by atoms with Crippen LogP contribution in [0.1, 0.15) is 47.0 Å². The molecule has 10 nitrogen and oxygen atoms in total. The molecule has 5 amide bonds. The average molecular weight is 410 g/mol. The van der Waals surface area contributed by atoms with Crippen molar-refractivity contribution in [3.05, 3.63) is 0 Å². The summed E-state index contributed by atoms with van der Waals surface area (Å²) in [4.78, 5) is 61.8. The van der Waals surface area contributed by atoms with E-state index in [9.17, 15) is 24.0 Å². The number of nitrogens with one attached hydrogen (secondary N) is 3. The first-order chi connectivity index (χ1) is 13.5. The number of nitrogens with zero attached hydrogens (tertiary/aromatic N) is 1. The monoisotopic (exact) mass is 410 g/mol. The Labute approximate surface area is 170 Å². The summed E-state index contributed by atoms with van der Waals surface area (Å²) in [5, 5.41) is 8.05. The molecule has 2 fully saturated rings. The number of amides is 5. The Kier molecular flexibility index (Phi) is 7.34. The van der Waals surface area contributed by atoms with Gasteiger partial charge in [0.25, 0.3) is 0 Å². The summed E-state index contributed by atoms with van der Waals surface area (Å²) in [6.07, 6.45) is 0.488. The van der Waals surface area contributed by atoms with Crippen LogP contribution in [0.3, 0.4) is 0 Å². The molecule has 0 bridgehead atoms. The molecule has 3 atom stereocenters. The van der Waals surface area contributed by atoms with Crippen molar-refractivity contribution in [2.24, 2.45) is 5.41 Å². The Hall–Kier alpha value is -2.49. The predicted molar refractivity (Wildman–Crippen MR) is 102 cm³/mol. The van der Waals surface area contributed by atoms with Gasteiger partial charge in [-0.25, -0.2) is 0 Å². The molecule has 0 spiro atoms.